The quantitative estimate of drug-likeness (QED) is 0.778. The van der Waals surface area contributed by atoms with Gasteiger partial charge in [0.25, 0.3) is 5.91 Å². The second-order valence-electron chi connectivity index (χ2n) is 4.98. The van der Waals surface area contributed by atoms with E-state index < -0.39 is 23.8 Å². The Hall–Kier alpha value is -2.31. The molecular formula is C17H14Cl2FNO4. The van der Waals surface area contributed by atoms with Gasteiger partial charge < -0.3 is 14.8 Å². The number of anilines is 1. The first-order valence-electron chi connectivity index (χ1n) is 7.13. The molecule has 0 unspecified atom stereocenters. The number of para-hydroxylation sites is 1. The van der Waals surface area contributed by atoms with Crippen LogP contribution in [0.5, 0.6) is 5.75 Å². The van der Waals surface area contributed by atoms with Crippen molar-refractivity contribution in [2.45, 2.75) is 13.0 Å². The smallest absolute Gasteiger partial charge is 0.341 e. The molecule has 0 heterocycles. The van der Waals surface area contributed by atoms with Crippen LogP contribution in [-0.4, -0.2) is 25.1 Å². The Balaban J connectivity index is 2.07. The SMILES string of the molecule is COc1ccc(C(=O)O[C@H](C)C(=O)Nc2c(Cl)cccc2Cl)c(F)c1. The number of hydrogen-bond donors (Lipinski definition) is 1. The highest BCUT2D eigenvalue weighted by Gasteiger charge is 2.22. The second-order valence-corrected chi connectivity index (χ2v) is 5.79. The Morgan fingerprint density at radius 2 is 1.80 bits per heavy atom. The van der Waals surface area contributed by atoms with Gasteiger partial charge in [-0.2, -0.15) is 0 Å². The molecule has 8 heteroatoms. The van der Waals surface area contributed by atoms with E-state index in [-0.39, 0.29) is 27.0 Å². The van der Waals surface area contributed by atoms with Gasteiger partial charge in [0.05, 0.1) is 28.4 Å². The molecule has 2 aromatic carbocycles. The number of ether oxygens (including phenoxy) is 2. The van der Waals surface area contributed by atoms with E-state index in [1.807, 2.05) is 0 Å². The van der Waals surface area contributed by atoms with Crippen LogP contribution in [0, 0.1) is 5.82 Å². The van der Waals surface area contributed by atoms with Crippen LogP contribution in [0.2, 0.25) is 10.0 Å². The first-order chi connectivity index (χ1) is 11.8. The highest BCUT2D eigenvalue weighted by Crippen LogP contribution is 2.30. The standard InChI is InChI=1S/C17H14Cl2FNO4/c1-9(16(22)21-15-12(18)4-3-5-13(15)19)25-17(23)11-7-6-10(24-2)8-14(11)20/h3-9H,1-2H3,(H,21,22)/t9-/m1/s1. The fraction of sp³-hybridized carbons (Fsp3) is 0.176. The summed E-state index contributed by atoms with van der Waals surface area (Å²) >= 11 is 11.9. The fourth-order valence-corrected chi connectivity index (χ4v) is 2.40. The predicted octanol–water partition coefficient (Wildman–Crippen LogP) is 4.33. The monoisotopic (exact) mass is 385 g/mol. The number of benzene rings is 2. The van der Waals surface area contributed by atoms with Crippen molar-refractivity contribution in [2.75, 3.05) is 12.4 Å². The Bertz CT molecular complexity index is 793. The number of halogens is 3. The normalized spacial score (nSPS) is 11.6. The maximum atomic E-state index is 13.9. The third-order valence-electron chi connectivity index (χ3n) is 3.26. The minimum Gasteiger partial charge on any atom is -0.497 e. The molecule has 0 radical (unpaired) electrons. The lowest BCUT2D eigenvalue weighted by Gasteiger charge is -2.15. The molecule has 1 amide bonds. The number of rotatable bonds is 5. The van der Waals surface area contributed by atoms with E-state index in [2.05, 4.69) is 5.32 Å². The molecule has 2 rings (SSSR count). The molecule has 0 aliphatic heterocycles. The van der Waals surface area contributed by atoms with Crippen molar-refractivity contribution in [3.63, 3.8) is 0 Å². The van der Waals surface area contributed by atoms with Crippen molar-refractivity contribution in [1.29, 1.82) is 0 Å². The van der Waals surface area contributed by atoms with Gasteiger partial charge in [-0.1, -0.05) is 29.3 Å². The molecular weight excluding hydrogens is 372 g/mol. The molecule has 0 spiro atoms. The van der Waals surface area contributed by atoms with Crippen molar-refractivity contribution in [2.24, 2.45) is 0 Å². The zero-order valence-electron chi connectivity index (χ0n) is 13.3. The van der Waals surface area contributed by atoms with Crippen LogP contribution >= 0.6 is 23.2 Å². The minimum absolute atomic E-state index is 0.203. The summed E-state index contributed by atoms with van der Waals surface area (Å²) in [5.74, 6) is -2.19. The lowest BCUT2D eigenvalue weighted by Crippen LogP contribution is -2.30. The molecule has 0 saturated heterocycles. The molecule has 1 atom stereocenters. The van der Waals surface area contributed by atoms with Gasteiger partial charge in [-0.25, -0.2) is 9.18 Å². The number of nitrogens with one attached hydrogen (secondary N) is 1. The second kappa shape index (κ2) is 8.18. The van der Waals surface area contributed by atoms with Crippen molar-refractivity contribution in [3.8, 4) is 5.75 Å². The maximum Gasteiger partial charge on any atom is 0.341 e. The Morgan fingerprint density at radius 1 is 1.16 bits per heavy atom. The Morgan fingerprint density at radius 3 is 2.36 bits per heavy atom. The summed E-state index contributed by atoms with van der Waals surface area (Å²) in [5.41, 5.74) is -0.106. The van der Waals surface area contributed by atoms with Crippen LogP contribution in [0.4, 0.5) is 10.1 Å². The summed E-state index contributed by atoms with van der Waals surface area (Å²) in [6.45, 7) is 1.35. The lowest BCUT2D eigenvalue weighted by molar-refractivity contribution is -0.123. The maximum absolute atomic E-state index is 13.9. The minimum atomic E-state index is -1.19. The largest absolute Gasteiger partial charge is 0.497 e. The molecule has 0 aromatic heterocycles. The Labute approximate surface area is 153 Å². The number of amides is 1. The van der Waals surface area contributed by atoms with Gasteiger partial charge in [-0.05, 0) is 31.2 Å². The van der Waals surface area contributed by atoms with Crippen LogP contribution < -0.4 is 10.1 Å². The number of carbonyl (C=O) groups excluding carboxylic acids is 2. The van der Waals surface area contributed by atoms with E-state index in [0.717, 1.165) is 6.07 Å². The van der Waals surface area contributed by atoms with E-state index >= 15 is 0 Å². The van der Waals surface area contributed by atoms with Crippen molar-refractivity contribution in [3.05, 3.63) is 57.8 Å². The lowest BCUT2D eigenvalue weighted by atomic mass is 10.2. The van der Waals surface area contributed by atoms with Gasteiger partial charge in [0.2, 0.25) is 0 Å². The zero-order chi connectivity index (χ0) is 18.6. The van der Waals surface area contributed by atoms with Crippen LogP contribution in [-0.2, 0) is 9.53 Å². The van der Waals surface area contributed by atoms with E-state index in [0.29, 0.717) is 0 Å². The summed E-state index contributed by atoms with van der Waals surface area (Å²) in [5, 5.41) is 2.95. The number of carbonyl (C=O) groups is 2. The molecule has 0 saturated carbocycles. The van der Waals surface area contributed by atoms with E-state index in [9.17, 15) is 14.0 Å². The summed E-state index contributed by atoms with van der Waals surface area (Å²) in [7, 11) is 1.37. The molecule has 132 valence electrons. The molecule has 25 heavy (non-hydrogen) atoms. The third kappa shape index (κ3) is 4.61. The highest BCUT2D eigenvalue weighted by atomic mass is 35.5. The summed E-state index contributed by atoms with van der Waals surface area (Å²) < 4.78 is 23.7. The molecule has 0 aliphatic rings. The van der Waals surface area contributed by atoms with Gasteiger partial charge in [-0.15, -0.1) is 0 Å². The van der Waals surface area contributed by atoms with E-state index in [4.69, 9.17) is 32.7 Å². The summed E-state index contributed by atoms with van der Waals surface area (Å²) in [4.78, 5) is 24.2. The van der Waals surface area contributed by atoms with Gasteiger partial charge in [-0.3, -0.25) is 4.79 Å². The van der Waals surface area contributed by atoms with Crippen molar-refractivity contribution >= 4 is 40.8 Å². The van der Waals surface area contributed by atoms with Gasteiger partial charge >= 0.3 is 5.97 Å². The number of hydrogen-bond acceptors (Lipinski definition) is 4. The van der Waals surface area contributed by atoms with E-state index in [1.165, 1.54) is 26.2 Å². The van der Waals surface area contributed by atoms with Crippen molar-refractivity contribution in [1.82, 2.24) is 0 Å². The summed E-state index contributed by atoms with van der Waals surface area (Å²) in [6, 6.07) is 8.39. The van der Waals surface area contributed by atoms with Crippen LogP contribution in [0.3, 0.4) is 0 Å². The number of methoxy groups -OCH3 is 1. The topological polar surface area (TPSA) is 64.6 Å². The van der Waals surface area contributed by atoms with Gasteiger partial charge in [0.15, 0.2) is 6.10 Å². The predicted molar refractivity (Wildman–Crippen MR) is 92.9 cm³/mol. The van der Waals surface area contributed by atoms with Crippen LogP contribution in [0.1, 0.15) is 17.3 Å². The molecule has 0 fully saturated rings. The summed E-state index contributed by atoms with van der Waals surface area (Å²) in [6.07, 6.45) is -1.19. The van der Waals surface area contributed by atoms with Crippen LogP contribution in [0.25, 0.3) is 0 Å². The van der Waals surface area contributed by atoms with Crippen LogP contribution in [0.15, 0.2) is 36.4 Å². The molecule has 1 N–H and O–H groups in total. The average molecular weight is 386 g/mol. The van der Waals surface area contributed by atoms with Crippen molar-refractivity contribution < 1.29 is 23.5 Å². The molecule has 2 aromatic rings. The third-order valence-corrected chi connectivity index (χ3v) is 3.89. The first kappa shape index (κ1) is 19.0. The van der Waals surface area contributed by atoms with Gasteiger partial charge in [0.1, 0.15) is 11.6 Å². The van der Waals surface area contributed by atoms with E-state index in [1.54, 1.807) is 18.2 Å². The first-order valence-corrected chi connectivity index (χ1v) is 7.88. The molecule has 0 bridgehead atoms. The number of esters is 1. The molecule has 5 nitrogen and oxygen atoms in total. The zero-order valence-corrected chi connectivity index (χ0v) is 14.8. The average Bonchev–Trinajstić information content (AvgIpc) is 2.57. The highest BCUT2D eigenvalue weighted by molar-refractivity contribution is 6.39. The van der Waals surface area contributed by atoms with Gasteiger partial charge in [0, 0.05) is 6.07 Å². The fourth-order valence-electron chi connectivity index (χ4n) is 1.91. The Kier molecular flexibility index (Phi) is 6.22. The molecule has 0 aliphatic carbocycles.